The molecule has 4 nitrogen and oxygen atoms in total. The van der Waals surface area contributed by atoms with Gasteiger partial charge in [0.05, 0.1) is 12.5 Å². The van der Waals surface area contributed by atoms with Crippen molar-refractivity contribution in [2.75, 3.05) is 6.61 Å². The minimum atomic E-state index is -0.123. The molecule has 3 rings (SSSR count). The van der Waals surface area contributed by atoms with Gasteiger partial charge in [-0.1, -0.05) is 67.6 Å². The van der Waals surface area contributed by atoms with Gasteiger partial charge in [0.25, 0.3) is 0 Å². The number of allylic oxidation sites excluding steroid dienone is 1. The first-order valence-corrected chi connectivity index (χ1v) is 10.1. The largest absolute Gasteiger partial charge is 0.466 e. The number of Topliss-reactive ketones (excluding diaryl/α,β-unsaturated/α-hetero) is 2. The van der Waals surface area contributed by atoms with E-state index < -0.39 is 0 Å². The molecule has 0 spiro atoms. The Kier molecular flexibility index (Phi) is 7.49. The Morgan fingerprint density at radius 1 is 0.900 bits per heavy atom. The Bertz CT molecular complexity index is 905. The van der Waals surface area contributed by atoms with Crippen LogP contribution in [0.3, 0.4) is 0 Å². The molecule has 30 heavy (non-hydrogen) atoms. The maximum atomic E-state index is 11.7. The SMILES string of the molecule is C=C(C)c1ccc(C(C)=O)cc1.CCOC(=O)C1CC1(C)c1ccc(C(C)=O)cc1. The van der Waals surface area contributed by atoms with E-state index in [1.807, 2.05) is 62.4 Å². The van der Waals surface area contributed by atoms with Gasteiger partial charge >= 0.3 is 5.97 Å². The van der Waals surface area contributed by atoms with E-state index in [0.29, 0.717) is 12.2 Å². The van der Waals surface area contributed by atoms with Crippen molar-refractivity contribution < 1.29 is 19.1 Å². The van der Waals surface area contributed by atoms with Gasteiger partial charge in [-0.2, -0.15) is 0 Å². The lowest BCUT2D eigenvalue weighted by Gasteiger charge is -2.11. The average Bonchev–Trinajstić information content (AvgIpc) is 3.42. The summed E-state index contributed by atoms with van der Waals surface area (Å²) in [6, 6.07) is 15.0. The molecule has 2 unspecified atom stereocenters. The van der Waals surface area contributed by atoms with E-state index in [9.17, 15) is 14.4 Å². The quantitative estimate of drug-likeness (QED) is 0.459. The predicted octanol–water partition coefficient (Wildman–Crippen LogP) is 5.65. The molecule has 1 aliphatic carbocycles. The molecule has 4 heteroatoms. The second-order valence-corrected chi connectivity index (χ2v) is 7.97. The summed E-state index contributed by atoms with van der Waals surface area (Å²) < 4.78 is 5.05. The van der Waals surface area contributed by atoms with Crippen molar-refractivity contribution in [3.8, 4) is 0 Å². The molecular formula is C26H30O4. The molecule has 2 aromatic carbocycles. The summed E-state index contributed by atoms with van der Waals surface area (Å²) in [5.41, 5.74) is 4.54. The predicted molar refractivity (Wildman–Crippen MR) is 120 cm³/mol. The molecule has 1 aliphatic rings. The molecule has 2 atom stereocenters. The smallest absolute Gasteiger partial charge is 0.309 e. The van der Waals surface area contributed by atoms with E-state index in [2.05, 4.69) is 13.5 Å². The summed E-state index contributed by atoms with van der Waals surface area (Å²) in [7, 11) is 0. The zero-order valence-electron chi connectivity index (χ0n) is 18.5. The fourth-order valence-corrected chi connectivity index (χ4v) is 3.35. The summed E-state index contributed by atoms with van der Waals surface area (Å²) in [6.45, 7) is 13.2. The van der Waals surface area contributed by atoms with Crippen LogP contribution in [0.5, 0.6) is 0 Å². The van der Waals surface area contributed by atoms with Crippen LogP contribution in [0.15, 0.2) is 55.1 Å². The van der Waals surface area contributed by atoms with Gasteiger partial charge in [-0.25, -0.2) is 0 Å². The number of ether oxygens (including phenoxy) is 1. The summed E-state index contributed by atoms with van der Waals surface area (Å²) in [5, 5.41) is 0. The Morgan fingerprint density at radius 2 is 1.33 bits per heavy atom. The van der Waals surface area contributed by atoms with E-state index >= 15 is 0 Å². The van der Waals surface area contributed by atoms with Crippen molar-refractivity contribution in [1.29, 1.82) is 0 Å². The topological polar surface area (TPSA) is 60.4 Å². The van der Waals surface area contributed by atoms with Gasteiger partial charge in [0.15, 0.2) is 11.6 Å². The van der Waals surface area contributed by atoms with Crippen LogP contribution < -0.4 is 0 Å². The van der Waals surface area contributed by atoms with Crippen molar-refractivity contribution in [2.24, 2.45) is 5.92 Å². The van der Waals surface area contributed by atoms with E-state index in [-0.39, 0.29) is 28.9 Å². The van der Waals surface area contributed by atoms with Crippen LogP contribution in [-0.4, -0.2) is 24.1 Å². The number of hydrogen-bond donors (Lipinski definition) is 0. The van der Waals surface area contributed by atoms with Gasteiger partial charge in [0.1, 0.15) is 0 Å². The van der Waals surface area contributed by atoms with Crippen molar-refractivity contribution in [1.82, 2.24) is 0 Å². The highest BCUT2D eigenvalue weighted by Crippen LogP contribution is 2.54. The highest BCUT2D eigenvalue weighted by molar-refractivity contribution is 5.94. The standard InChI is InChI=1S/C15H18O3.C11H12O/c1-4-18-14(17)13-9-15(13,3)12-7-5-11(6-8-12)10(2)16;1-8(2)10-4-6-11(7-5-10)9(3)12/h5-8,13H,4,9H2,1-3H3;4-7H,1H2,2-3H3. The third-order valence-corrected chi connectivity index (χ3v) is 5.54. The van der Waals surface area contributed by atoms with Crippen LogP contribution in [0.2, 0.25) is 0 Å². The van der Waals surface area contributed by atoms with Crippen LogP contribution >= 0.6 is 0 Å². The van der Waals surface area contributed by atoms with Crippen molar-refractivity contribution in [3.63, 3.8) is 0 Å². The maximum Gasteiger partial charge on any atom is 0.309 e. The molecule has 0 aliphatic heterocycles. The Hall–Kier alpha value is -3.01. The lowest BCUT2D eigenvalue weighted by atomic mass is 9.94. The lowest BCUT2D eigenvalue weighted by Crippen LogP contribution is -2.14. The van der Waals surface area contributed by atoms with Gasteiger partial charge in [-0.15, -0.1) is 0 Å². The number of esters is 1. The molecule has 1 fully saturated rings. The summed E-state index contributed by atoms with van der Waals surface area (Å²) in [4.78, 5) is 33.8. The van der Waals surface area contributed by atoms with Crippen LogP contribution in [0.1, 0.15) is 72.9 Å². The lowest BCUT2D eigenvalue weighted by molar-refractivity contribution is -0.145. The molecule has 0 aromatic heterocycles. The van der Waals surface area contributed by atoms with Crippen LogP contribution in [0.25, 0.3) is 5.57 Å². The van der Waals surface area contributed by atoms with Gasteiger partial charge in [0.2, 0.25) is 0 Å². The number of benzene rings is 2. The van der Waals surface area contributed by atoms with Gasteiger partial charge in [-0.3, -0.25) is 14.4 Å². The minimum Gasteiger partial charge on any atom is -0.466 e. The monoisotopic (exact) mass is 406 g/mol. The zero-order valence-corrected chi connectivity index (χ0v) is 18.5. The van der Waals surface area contributed by atoms with Gasteiger partial charge < -0.3 is 4.74 Å². The van der Waals surface area contributed by atoms with E-state index in [1.54, 1.807) is 13.8 Å². The normalized spacial score (nSPS) is 19.2. The second-order valence-electron chi connectivity index (χ2n) is 7.97. The fourth-order valence-electron chi connectivity index (χ4n) is 3.35. The van der Waals surface area contributed by atoms with Gasteiger partial charge in [-0.05, 0) is 45.2 Å². The highest BCUT2D eigenvalue weighted by Gasteiger charge is 2.56. The molecule has 0 heterocycles. The van der Waals surface area contributed by atoms with Crippen LogP contribution in [-0.2, 0) is 14.9 Å². The number of hydrogen-bond acceptors (Lipinski definition) is 4. The van der Waals surface area contributed by atoms with Crippen LogP contribution in [0.4, 0.5) is 0 Å². The number of carbonyl (C=O) groups is 3. The first kappa shape index (κ1) is 23.3. The first-order chi connectivity index (χ1) is 14.1. The molecule has 2 aromatic rings. The highest BCUT2D eigenvalue weighted by atomic mass is 16.5. The van der Waals surface area contributed by atoms with Crippen molar-refractivity contribution >= 4 is 23.1 Å². The third kappa shape index (κ3) is 5.53. The average molecular weight is 407 g/mol. The third-order valence-electron chi connectivity index (χ3n) is 5.54. The molecule has 0 saturated heterocycles. The molecule has 0 bridgehead atoms. The minimum absolute atomic E-state index is 0.0411. The Balaban J connectivity index is 0.000000232. The summed E-state index contributed by atoms with van der Waals surface area (Å²) in [5.74, 6) is 0.00369. The molecule has 0 radical (unpaired) electrons. The maximum absolute atomic E-state index is 11.7. The van der Waals surface area contributed by atoms with Gasteiger partial charge in [0, 0.05) is 16.5 Å². The van der Waals surface area contributed by atoms with E-state index in [4.69, 9.17) is 4.74 Å². The Labute approximate surface area is 179 Å². The van der Waals surface area contributed by atoms with E-state index in [0.717, 1.165) is 28.7 Å². The van der Waals surface area contributed by atoms with Crippen molar-refractivity contribution in [2.45, 2.75) is 46.5 Å². The Morgan fingerprint density at radius 3 is 1.73 bits per heavy atom. The molecule has 158 valence electrons. The number of carbonyl (C=O) groups excluding carboxylic acids is 3. The fraction of sp³-hybridized carbons (Fsp3) is 0.346. The summed E-state index contributed by atoms with van der Waals surface area (Å²) >= 11 is 0. The number of rotatable bonds is 6. The molecule has 0 N–H and O–H groups in total. The van der Waals surface area contributed by atoms with E-state index in [1.165, 1.54) is 0 Å². The first-order valence-electron chi connectivity index (χ1n) is 10.1. The number of ketones is 2. The molecule has 1 saturated carbocycles. The van der Waals surface area contributed by atoms with Crippen LogP contribution in [0, 0.1) is 5.92 Å². The second kappa shape index (κ2) is 9.66. The molecular weight excluding hydrogens is 376 g/mol. The molecule has 0 amide bonds. The zero-order chi connectivity index (χ0) is 22.5. The van der Waals surface area contributed by atoms with Crippen molar-refractivity contribution in [3.05, 3.63) is 77.4 Å². The summed E-state index contributed by atoms with van der Waals surface area (Å²) in [6.07, 6.45) is 0.825.